The second kappa shape index (κ2) is 14.6. The summed E-state index contributed by atoms with van der Waals surface area (Å²) in [5.74, 6) is -3.60. The Kier molecular flexibility index (Phi) is 10.2. The quantitative estimate of drug-likeness (QED) is 0.184. The van der Waals surface area contributed by atoms with Crippen LogP contribution in [-0.2, 0) is 28.7 Å². The van der Waals surface area contributed by atoms with Gasteiger partial charge in [0.15, 0.2) is 0 Å². The van der Waals surface area contributed by atoms with E-state index < -0.39 is 59.6 Å². The van der Waals surface area contributed by atoms with Gasteiger partial charge in [0.2, 0.25) is 11.8 Å². The molecular weight excluding hydrogens is 634 g/mol. The number of nitrogens with zero attached hydrogens (tertiary/aromatic N) is 2. The zero-order valence-corrected chi connectivity index (χ0v) is 28.6. The van der Waals surface area contributed by atoms with E-state index in [1.54, 1.807) is 30.9 Å². The molecule has 3 amide bonds. The Morgan fingerprint density at radius 1 is 1.06 bits per heavy atom. The number of allylic oxidation sites excluding steroid dienone is 1. The lowest BCUT2D eigenvalue weighted by Gasteiger charge is -2.38. The number of likely N-dealkylation sites (tertiary alicyclic amines) is 1. The van der Waals surface area contributed by atoms with Gasteiger partial charge in [-0.2, -0.15) is 0 Å². The second-order valence-corrected chi connectivity index (χ2v) is 13.6. The molecule has 3 saturated heterocycles. The third kappa shape index (κ3) is 6.22. The molecule has 3 aromatic rings. The van der Waals surface area contributed by atoms with Crippen LogP contribution in [0.5, 0.6) is 0 Å². The van der Waals surface area contributed by atoms with Gasteiger partial charge in [-0.25, -0.2) is 0 Å². The zero-order valence-electron chi connectivity index (χ0n) is 28.6. The summed E-state index contributed by atoms with van der Waals surface area (Å²) in [6.45, 7) is 10.8. The fraction of sp³-hybridized carbons (Fsp3) is 0.400. The van der Waals surface area contributed by atoms with E-state index in [4.69, 9.17) is 9.47 Å². The maximum atomic E-state index is 14.8. The van der Waals surface area contributed by atoms with Crippen LogP contribution in [0.1, 0.15) is 51.2 Å². The molecule has 0 radical (unpaired) electrons. The molecule has 0 saturated carbocycles. The number of fused-ring (bicyclic) bond motifs is 2. The molecule has 3 fully saturated rings. The van der Waals surface area contributed by atoms with Gasteiger partial charge in [0.1, 0.15) is 17.7 Å². The third-order valence-corrected chi connectivity index (χ3v) is 10.4. The average molecular weight is 680 g/mol. The maximum Gasteiger partial charge on any atom is 0.313 e. The number of aliphatic hydroxyl groups is 1. The van der Waals surface area contributed by atoms with Crippen LogP contribution in [0.2, 0.25) is 0 Å². The highest BCUT2D eigenvalue weighted by atomic mass is 16.6. The summed E-state index contributed by atoms with van der Waals surface area (Å²) in [6, 6.07) is 20.3. The molecule has 1 spiro atoms. The summed E-state index contributed by atoms with van der Waals surface area (Å²) >= 11 is 0. The molecule has 3 aliphatic heterocycles. The number of esters is 1. The lowest BCUT2D eigenvalue weighted by Crippen LogP contribution is -2.58. The summed E-state index contributed by atoms with van der Waals surface area (Å²) in [7, 11) is 0. The van der Waals surface area contributed by atoms with Gasteiger partial charge >= 0.3 is 5.97 Å². The van der Waals surface area contributed by atoms with Crippen LogP contribution < -0.4 is 10.2 Å². The van der Waals surface area contributed by atoms with Crippen LogP contribution in [0, 0.1) is 11.8 Å². The third-order valence-electron chi connectivity index (χ3n) is 10.4. The van der Waals surface area contributed by atoms with E-state index in [-0.39, 0.29) is 31.4 Å². The Hall–Kier alpha value is -4.80. The van der Waals surface area contributed by atoms with Gasteiger partial charge in [0.25, 0.3) is 5.91 Å². The van der Waals surface area contributed by atoms with Crippen molar-refractivity contribution in [2.24, 2.45) is 11.8 Å². The van der Waals surface area contributed by atoms with Gasteiger partial charge in [-0.3, -0.25) is 19.2 Å². The molecule has 8 atom stereocenters. The molecular formula is C40H45N3O7. The molecule has 2 N–H and O–H groups in total. The van der Waals surface area contributed by atoms with Crippen LogP contribution in [-0.4, -0.2) is 76.7 Å². The number of benzene rings is 3. The normalized spacial score (nSPS) is 25.4. The standard InChI is InChI=1S/C40H45N3O7/c1-5-7-17-32(45)41-26(4)35(28-14-9-8-10-15-28)49-39(48)33-31-20-21-40(50-31)34(33)37(46)43(25(3)24-44)36(40)38(47)42(22-6-2)30-19-18-27-13-11-12-16-29(27)23-30/h5-6,8-16,18-19,23,25-26,31,33-36,44H,1-2,7,17,20-22,24H2,3-4H3,(H,41,45)/t25-,26-,31-,33+,34+,35-,36-,40+/m1/s1. The Bertz CT molecular complexity index is 1780. The first-order chi connectivity index (χ1) is 24.1. The first-order valence-corrected chi connectivity index (χ1v) is 17.3. The van der Waals surface area contributed by atoms with Gasteiger partial charge < -0.3 is 29.7 Å². The summed E-state index contributed by atoms with van der Waals surface area (Å²) in [4.78, 5) is 59.3. The number of anilines is 1. The number of rotatable bonds is 14. The second-order valence-electron chi connectivity index (χ2n) is 13.6. The van der Waals surface area contributed by atoms with Crippen molar-refractivity contribution in [2.75, 3.05) is 18.1 Å². The Labute approximate surface area is 292 Å². The van der Waals surface area contributed by atoms with Crippen molar-refractivity contribution in [3.63, 3.8) is 0 Å². The van der Waals surface area contributed by atoms with Crippen molar-refractivity contribution in [3.05, 3.63) is 104 Å². The maximum absolute atomic E-state index is 14.8. The van der Waals surface area contributed by atoms with Gasteiger partial charge in [0, 0.05) is 18.7 Å². The van der Waals surface area contributed by atoms with Gasteiger partial charge in [-0.1, -0.05) is 72.8 Å². The number of nitrogens with one attached hydrogen (secondary N) is 1. The van der Waals surface area contributed by atoms with E-state index >= 15 is 0 Å². The minimum atomic E-state index is -1.30. The van der Waals surface area contributed by atoms with Crippen molar-refractivity contribution in [1.29, 1.82) is 0 Å². The molecule has 3 heterocycles. The van der Waals surface area contributed by atoms with E-state index in [1.807, 2.05) is 72.8 Å². The molecule has 3 aromatic carbocycles. The van der Waals surface area contributed by atoms with Crippen LogP contribution >= 0.6 is 0 Å². The van der Waals surface area contributed by atoms with E-state index in [2.05, 4.69) is 18.5 Å². The van der Waals surface area contributed by atoms with Gasteiger partial charge in [0.05, 0.1) is 36.6 Å². The van der Waals surface area contributed by atoms with Crippen LogP contribution in [0.25, 0.3) is 10.8 Å². The lowest BCUT2D eigenvalue weighted by atomic mass is 9.70. The van der Waals surface area contributed by atoms with Crippen molar-refractivity contribution >= 4 is 40.2 Å². The van der Waals surface area contributed by atoms with E-state index in [9.17, 15) is 24.3 Å². The molecule has 262 valence electrons. The largest absolute Gasteiger partial charge is 0.455 e. The minimum absolute atomic E-state index is 0.175. The molecule has 0 aliphatic carbocycles. The SMILES string of the molecule is C=CCCC(=O)N[C@H](C)[C@@H](OC(=O)[C@@H]1[C@H]2C(=O)N([C@H](C)CO)[C@H](C(=O)N(CC=C)c3ccc4ccccc4c3)[C@]23CC[C@H]1O3)c1ccccc1. The highest BCUT2D eigenvalue weighted by Gasteiger charge is 2.75. The fourth-order valence-electron chi connectivity index (χ4n) is 8.08. The average Bonchev–Trinajstić information content (AvgIpc) is 3.78. The monoisotopic (exact) mass is 679 g/mol. The van der Waals surface area contributed by atoms with Gasteiger partial charge in [-0.15, -0.1) is 13.2 Å². The van der Waals surface area contributed by atoms with E-state index in [1.165, 1.54) is 4.90 Å². The van der Waals surface area contributed by atoms with Gasteiger partial charge in [-0.05, 0) is 61.6 Å². The van der Waals surface area contributed by atoms with Crippen LogP contribution in [0.3, 0.4) is 0 Å². The number of hydrogen-bond acceptors (Lipinski definition) is 7. The molecule has 3 aliphatic rings. The smallest absolute Gasteiger partial charge is 0.313 e. The molecule has 6 rings (SSSR count). The molecule has 50 heavy (non-hydrogen) atoms. The summed E-state index contributed by atoms with van der Waals surface area (Å²) in [6.07, 6.45) is 3.42. The zero-order chi connectivity index (χ0) is 35.6. The summed E-state index contributed by atoms with van der Waals surface area (Å²) in [5.41, 5.74) is 0.0263. The predicted molar refractivity (Wildman–Crippen MR) is 190 cm³/mol. The molecule has 0 unspecified atom stereocenters. The number of hydrogen-bond donors (Lipinski definition) is 2. The van der Waals surface area contributed by atoms with Crippen molar-refractivity contribution < 1.29 is 33.8 Å². The van der Waals surface area contributed by atoms with E-state index in [0.717, 1.165) is 10.8 Å². The number of carbonyl (C=O) groups excluding carboxylic acids is 4. The number of carbonyl (C=O) groups is 4. The molecule has 10 nitrogen and oxygen atoms in total. The van der Waals surface area contributed by atoms with Crippen molar-refractivity contribution in [2.45, 2.75) is 75.5 Å². The Morgan fingerprint density at radius 2 is 1.78 bits per heavy atom. The summed E-state index contributed by atoms with van der Waals surface area (Å²) < 4.78 is 12.9. The Morgan fingerprint density at radius 3 is 2.48 bits per heavy atom. The highest BCUT2D eigenvalue weighted by molar-refractivity contribution is 6.05. The number of aliphatic hydroxyl groups excluding tert-OH is 1. The van der Waals surface area contributed by atoms with Crippen molar-refractivity contribution in [1.82, 2.24) is 10.2 Å². The topological polar surface area (TPSA) is 125 Å². The lowest BCUT2D eigenvalue weighted by molar-refractivity contribution is -0.162. The van der Waals surface area contributed by atoms with E-state index in [0.29, 0.717) is 30.5 Å². The minimum Gasteiger partial charge on any atom is -0.455 e. The van der Waals surface area contributed by atoms with Crippen molar-refractivity contribution in [3.8, 4) is 0 Å². The first-order valence-electron chi connectivity index (χ1n) is 17.3. The molecule has 10 heteroatoms. The predicted octanol–water partition coefficient (Wildman–Crippen LogP) is 4.87. The highest BCUT2D eigenvalue weighted by Crippen LogP contribution is 2.59. The van der Waals surface area contributed by atoms with Crippen LogP contribution in [0.15, 0.2) is 98.1 Å². The summed E-state index contributed by atoms with van der Waals surface area (Å²) in [5, 5.41) is 15.2. The molecule has 0 aromatic heterocycles. The van der Waals surface area contributed by atoms with Crippen LogP contribution in [0.4, 0.5) is 5.69 Å². The first kappa shape index (κ1) is 35.0. The number of amides is 3. The number of ether oxygens (including phenoxy) is 2. The Balaban J connectivity index is 1.33. The molecule has 2 bridgehead atoms. The fourth-order valence-corrected chi connectivity index (χ4v) is 8.08.